The molecule has 0 saturated carbocycles. The topological polar surface area (TPSA) is 88.5 Å². The van der Waals surface area contributed by atoms with E-state index in [4.69, 9.17) is 9.10 Å². The number of aryl methyl sites for hydroxylation is 1. The van der Waals surface area contributed by atoms with Crippen molar-refractivity contribution in [3.8, 4) is 5.75 Å². The van der Waals surface area contributed by atoms with Crippen molar-refractivity contribution < 1.29 is 13.9 Å². The Kier molecular flexibility index (Phi) is 6.64. The number of amides is 1. The predicted molar refractivity (Wildman–Crippen MR) is 127 cm³/mol. The Morgan fingerprint density at radius 1 is 1.25 bits per heavy atom. The van der Waals surface area contributed by atoms with Crippen LogP contribution in [0.5, 0.6) is 5.75 Å². The van der Waals surface area contributed by atoms with Gasteiger partial charge in [-0.15, -0.1) is 0 Å². The zero-order valence-corrected chi connectivity index (χ0v) is 19.1. The lowest BCUT2D eigenvalue weighted by atomic mass is 10.1. The average Bonchev–Trinajstić information content (AvgIpc) is 2.70. The number of nitrogens with zero attached hydrogens (tertiary/aromatic N) is 3. The van der Waals surface area contributed by atoms with Crippen LogP contribution in [-0.2, 0) is 15.5 Å². The van der Waals surface area contributed by atoms with Crippen LogP contribution in [-0.4, -0.2) is 40.0 Å². The highest BCUT2D eigenvalue weighted by molar-refractivity contribution is 7.88. The van der Waals surface area contributed by atoms with Gasteiger partial charge in [-0.25, -0.2) is 18.7 Å². The first-order valence-electron chi connectivity index (χ1n) is 10.5. The molecule has 7 nitrogen and oxygen atoms in total. The number of nitrogens with one attached hydrogen (secondary N) is 2. The molecule has 1 amide bonds. The summed E-state index contributed by atoms with van der Waals surface area (Å²) in [6.07, 6.45) is 2.73. The average molecular weight is 456 g/mol. The third kappa shape index (κ3) is 5.21. The van der Waals surface area contributed by atoms with E-state index in [1.165, 1.54) is 24.9 Å². The van der Waals surface area contributed by atoms with Gasteiger partial charge >= 0.3 is 0 Å². The van der Waals surface area contributed by atoms with Gasteiger partial charge in [-0.1, -0.05) is 10.7 Å². The molecule has 1 aliphatic heterocycles. The van der Waals surface area contributed by atoms with Gasteiger partial charge in [0.25, 0.3) is 5.91 Å². The van der Waals surface area contributed by atoms with E-state index in [2.05, 4.69) is 20.6 Å². The molecule has 32 heavy (non-hydrogen) atoms. The van der Waals surface area contributed by atoms with E-state index < -0.39 is 5.82 Å². The van der Waals surface area contributed by atoms with Crippen LogP contribution in [0.15, 0.2) is 41.0 Å². The molecule has 1 saturated heterocycles. The number of benzene rings is 2. The second-order valence-corrected chi connectivity index (χ2v) is 9.89. The standard InChI is InChI=1S/C23H26FN5O2S/c1-14(2)27-21(30)12-31-20-10-16(24)5-6-18(20)28-23-22-15(3)9-17(29-32-7-4-8-32)11-19(22)25-13-26-23/h5-6,9-11,13-14H,4,7-8,12H2,1-3H3,(H,27,30)(H,25,26,28). The van der Waals surface area contributed by atoms with Crippen LogP contribution in [0.4, 0.5) is 21.6 Å². The van der Waals surface area contributed by atoms with E-state index in [1.54, 1.807) is 6.07 Å². The highest BCUT2D eigenvalue weighted by Crippen LogP contribution is 2.34. The van der Waals surface area contributed by atoms with E-state index >= 15 is 0 Å². The molecule has 9 heteroatoms. The van der Waals surface area contributed by atoms with Gasteiger partial charge in [-0.2, -0.15) is 0 Å². The maximum atomic E-state index is 13.9. The van der Waals surface area contributed by atoms with Crippen LogP contribution >= 0.6 is 0 Å². The molecule has 1 fully saturated rings. The monoisotopic (exact) mass is 455 g/mol. The van der Waals surface area contributed by atoms with Gasteiger partial charge in [0.05, 0.1) is 16.9 Å². The maximum absolute atomic E-state index is 13.9. The molecule has 0 aliphatic carbocycles. The third-order valence-electron chi connectivity index (χ3n) is 4.92. The lowest BCUT2D eigenvalue weighted by Crippen LogP contribution is -2.34. The maximum Gasteiger partial charge on any atom is 0.258 e. The summed E-state index contributed by atoms with van der Waals surface area (Å²) < 4.78 is 24.3. The predicted octanol–water partition coefficient (Wildman–Crippen LogP) is 4.56. The number of fused-ring (bicyclic) bond motifs is 1. The molecule has 2 N–H and O–H groups in total. The minimum absolute atomic E-state index is 0.00647. The van der Waals surface area contributed by atoms with Gasteiger partial charge in [0.15, 0.2) is 6.61 Å². The van der Waals surface area contributed by atoms with Crippen LogP contribution in [0, 0.1) is 12.7 Å². The number of rotatable bonds is 7. The number of anilines is 2. The first-order valence-corrected chi connectivity index (χ1v) is 12.0. The minimum Gasteiger partial charge on any atom is -0.481 e. The number of carbonyl (C=O) groups excluding carboxylic acids is 1. The van der Waals surface area contributed by atoms with Crippen LogP contribution in [0.25, 0.3) is 10.9 Å². The van der Waals surface area contributed by atoms with Crippen molar-refractivity contribution in [3.05, 3.63) is 48.0 Å². The number of ether oxygens (including phenoxy) is 1. The zero-order valence-electron chi connectivity index (χ0n) is 18.3. The number of halogens is 1. The summed E-state index contributed by atoms with van der Waals surface area (Å²) in [5.74, 6) is 2.40. The van der Waals surface area contributed by atoms with Crippen LogP contribution in [0.2, 0.25) is 0 Å². The van der Waals surface area contributed by atoms with E-state index in [0.717, 1.165) is 33.7 Å². The van der Waals surface area contributed by atoms with Gasteiger partial charge in [-0.3, -0.25) is 4.79 Å². The normalized spacial score (nSPS) is 13.7. The lowest BCUT2D eigenvalue weighted by Gasteiger charge is -2.17. The Hall–Kier alpha value is -3.07. The van der Waals surface area contributed by atoms with E-state index in [1.807, 2.05) is 32.9 Å². The van der Waals surface area contributed by atoms with Crippen molar-refractivity contribution >= 4 is 44.7 Å². The molecule has 3 aromatic rings. The van der Waals surface area contributed by atoms with Crippen LogP contribution in [0.3, 0.4) is 0 Å². The summed E-state index contributed by atoms with van der Waals surface area (Å²) in [5.41, 5.74) is 3.22. The smallest absolute Gasteiger partial charge is 0.258 e. The second-order valence-electron chi connectivity index (χ2n) is 7.97. The summed E-state index contributed by atoms with van der Waals surface area (Å²) >= 11 is 0. The minimum atomic E-state index is -0.457. The second kappa shape index (κ2) is 9.60. The first-order chi connectivity index (χ1) is 15.4. The van der Waals surface area contributed by atoms with E-state index in [-0.39, 0.29) is 35.0 Å². The summed E-state index contributed by atoms with van der Waals surface area (Å²) in [6, 6.07) is 8.15. The quantitative estimate of drug-likeness (QED) is 0.545. The highest BCUT2D eigenvalue weighted by atomic mass is 32.2. The molecule has 168 valence electrons. The Morgan fingerprint density at radius 3 is 2.78 bits per heavy atom. The fourth-order valence-corrected chi connectivity index (χ4v) is 4.52. The summed E-state index contributed by atoms with van der Waals surface area (Å²) in [5, 5.41) is 6.83. The molecule has 2 heterocycles. The van der Waals surface area contributed by atoms with Gasteiger partial charge in [0.2, 0.25) is 0 Å². The molecule has 4 rings (SSSR count). The Morgan fingerprint density at radius 2 is 2.06 bits per heavy atom. The number of hydrogen-bond acceptors (Lipinski definition) is 6. The van der Waals surface area contributed by atoms with Gasteiger partial charge < -0.3 is 15.4 Å². The van der Waals surface area contributed by atoms with Crippen molar-refractivity contribution in [2.75, 3.05) is 23.4 Å². The largest absolute Gasteiger partial charge is 0.481 e. The lowest BCUT2D eigenvalue weighted by molar-refractivity contribution is -0.123. The fourth-order valence-electron chi connectivity index (χ4n) is 3.39. The molecule has 2 aromatic carbocycles. The van der Waals surface area contributed by atoms with E-state index in [9.17, 15) is 9.18 Å². The number of carbonyl (C=O) groups is 1. The molecule has 0 unspecified atom stereocenters. The Bertz CT molecular complexity index is 1190. The molecular formula is C23H26FN5O2S. The summed E-state index contributed by atoms with van der Waals surface area (Å²) in [6.45, 7) is 5.51. The van der Waals surface area contributed by atoms with Crippen molar-refractivity contribution in [3.63, 3.8) is 0 Å². The molecule has 0 bridgehead atoms. The number of hydrogen-bond donors (Lipinski definition) is 2. The molecule has 0 atom stereocenters. The SMILES string of the molecule is Cc1cc(N=S2CCC2)cc2ncnc(Nc3ccc(F)cc3OCC(=O)NC(C)C)c12. The van der Waals surface area contributed by atoms with Crippen molar-refractivity contribution in [2.45, 2.75) is 33.2 Å². The molecule has 0 spiro atoms. The van der Waals surface area contributed by atoms with Crippen molar-refractivity contribution in [1.29, 1.82) is 0 Å². The van der Waals surface area contributed by atoms with Crippen molar-refractivity contribution in [2.24, 2.45) is 4.36 Å². The Labute approximate surface area is 188 Å². The molecular weight excluding hydrogens is 429 g/mol. The van der Waals surface area contributed by atoms with E-state index in [0.29, 0.717) is 11.5 Å². The molecule has 0 radical (unpaired) electrons. The van der Waals surface area contributed by atoms with Gasteiger partial charge in [0, 0.05) is 29.0 Å². The van der Waals surface area contributed by atoms with Gasteiger partial charge in [-0.05, 0) is 57.0 Å². The number of aromatic nitrogens is 2. The summed E-state index contributed by atoms with van der Waals surface area (Å²) in [7, 11) is 0.130. The third-order valence-corrected chi connectivity index (χ3v) is 6.91. The molecule has 1 aromatic heterocycles. The zero-order chi connectivity index (χ0) is 22.7. The van der Waals surface area contributed by atoms with Gasteiger partial charge in [0.1, 0.15) is 23.7 Å². The first kappa shape index (κ1) is 22.1. The van der Waals surface area contributed by atoms with Crippen LogP contribution in [0.1, 0.15) is 25.8 Å². The highest BCUT2D eigenvalue weighted by Gasteiger charge is 2.14. The molecule has 1 aliphatic rings. The summed E-state index contributed by atoms with van der Waals surface area (Å²) in [4.78, 5) is 20.8. The van der Waals surface area contributed by atoms with Crippen LogP contribution < -0.4 is 15.4 Å². The van der Waals surface area contributed by atoms with Crippen molar-refractivity contribution in [1.82, 2.24) is 15.3 Å². The Balaban J connectivity index is 1.62. The fraction of sp³-hybridized carbons (Fsp3) is 0.348.